The number of hydrogen-bond acceptors (Lipinski definition) is 6. The van der Waals surface area contributed by atoms with Crippen molar-refractivity contribution in [3.8, 4) is 6.07 Å². The lowest BCUT2D eigenvalue weighted by Gasteiger charge is -2.31. The number of amides is 1. The van der Waals surface area contributed by atoms with Gasteiger partial charge in [0, 0.05) is 12.1 Å². The second kappa shape index (κ2) is 9.53. The fourth-order valence-corrected chi connectivity index (χ4v) is 2.92. The maximum Gasteiger partial charge on any atom is 0.269 e. The molecule has 3 aromatic carbocycles. The highest BCUT2D eigenvalue weighted by molar-refractivity contribution is 6.05. The summed E-state index contributed by atoms with van der Waals surface area (Å²) in [4.78, 5) is 37.7. The fraction of sp³-hybridized carbons (Fsp3) is 0.231. The third-order valence-electron chi connectivity index (χ3n) is 5.49. The molecule has 7 heteroatoms. The molecule has 0 aliphatic carbocycles. The van der Waals surface area contributed by atoms with Gasteiger partial charge in [0.2, 0.25) is 0 Å². The molecule has 33 heavy (non-hydrogen) atoms. The fourth-order valence-electron chi connectivity index (χ4n) is 2.92. The Balaban J connectivity index is 1.94. The Kier molecular flexibility index (Phi) is 6.78. The quantitative estimate of drug-likeness (QED) is 0.325. The van der Waals surface area contributed by atoms with Crippen LogP contribution < -0.4 is 26.6 Å². The maximum atomic E-state index is 13.1. The molecule has 0 aliphatic rings. The Morgan fingerprint density at radius 1 is 1.00 bits per heavy atom. The molecule has 3 aromatic rings. The van der Waals surface area contributed by atoms with Gasteiger partial charge in [0.15, 0.2) is 0 Å². The number of hydrazine groups is 1. The Morgan fingerprint density at radius 3 is 2.18 bits per heavy atom. The van der Waals surface area contributed by atoms with Crippen LogP contribution in [0, 0.1) is 16.7 Å². The first kappa shape index (κ1) is 23.5. The zero-order valence-corrected chi connectivity index (χ0v) is 19.0. The molecule has 0 aliphatic heterocycles. The van der Waals surface area contributed by atoms with E-state index in [9.17, 15) is 14.4 Å². The topological polar surface area (TPSA) is 102 Å². The van der Waals surface area contributed by atoms with E-state index in [-0.39, 0.29) is 22.8 Å². The Labute approximate surface area is 192 Å². The Bertz CT molecular complexity index is 1270. The van der Waals surface area contributed by atoms with Crippen LogP contribution in [0.3, 0.4) is 0 Å². The summed E-state index contributed by atoms with van der Waals surface area (Å²) in [7, 11) is 0. The molecule has 0 saturated carbocycles. The maximum absolute atomic E-state index is 13.1. The molecule has 0 heterocycles. The number of carbonyl (C=O) groups is 1. The first-order valence-electron chi connectivity index (χ1n) is 10.6. The van der Waals surface area contributed by atoms with Crippen LogP contribution in [0.4, 0.5) is 17.1 Å². The van der Waals surface area contributed by atoms with E-state index in [1.807, 2.05) is 64.1 Å². The van der Waals surface area contributed by atoms with Crippen molar-refractivity contribution in [3.05, 3.63) is 92.2 Å². The number of benzene rings is 2. The molecular weight excluding hydrogens is 416 g/mol. The van der Waals surface area contributed by atoms with Gasteiger partial charge in [-0.15, -0.1) is 0 Å². The Hall–Kier alpha value is -4.18. The third kappa shape index (κ3) is 5.36. The molecule has 2 N–H and O–H groups in total. The summed E-state index contributed by atoms with van der Waals surface area (Å²) in [5.41, 5.74) is 3.22. The van der Waals surface area contributed by atoms with Crippen LogP contribution in [0.15, 0.2) is 70.3 Å². The van der Waals surface area contributed by atoms with E-state index in [4.69, 9.17) is 5.26 Å². The lowest BCUT2D eigenvalue weighted by Crippen LogP contribution is -2.46. The largest absolute Gasteiger partial charge is 0.377 e. The molecule has 0 fully saturated rings. The number of anilines is 3. The second-order valence-corrected chi connectivity index (χ2v) is 8.83. The number of nitrogens with one attached hydrogen (secondary N) is 2. The highest BCUT2D eigenvalue weighted by Crippen LogP contribution is 2.26. The summed E-state index contributed by atoms with van der Waals surface area (Å²) in [5, 5.41) is 13.4. The molecule has 0 saturated heterocycles. The minimum atomic E-state index is -0.697. The minimum Gasteiger partial charge on any atom is -0.377 e. The molecular formula is C26H26N4O3. The third-order valence-corrected chi connectivity index (χ3v) is 5.49. The molecule has 1 amide bonds. The van der Waals surface area contributed by atoms with E-state index in [0.717, 1.165) is 5.56 Å². The smallest absolute Gasteiger partial charge is 0.269 e. The van der Waals surface area contributed by atoms with Crippen LogP contribution in [-0.4, -0.2) is 11.9 Å². The van der Waals surface area contributed by atoms with Crippen LogP contribution in [-0.2, 0) is 4.79 Å². The first-order chi connectivity index (χ1) is 15.6. The number of nitriles is 1. The number of rotatable bonds is 7. The molecule has 0 bridgehead atoms. The zero-order chi connectivity index (χ0) is 24.2. The number of nitrogens with zero attached hydrogens (tertiary/aromatic N) is 2. The van der Waals surface area contributed by atoms with Gasteiger partial charge in [-0.3, -0.25) is 19.8 Å². The van der Waals surface area contributed by atoms with Crippen LogP contribution in [0.2, 0.25) is 0 Å². The second-order valence-electron chi connectivity index (χ2n) is 8.83. The van der Waals surface area contributed by atoms with E-state index in [1.54, 1.807) is 30.3 Å². The average molecular weight is 443 g/mol. The predicted octanol–water partition coefficient (Wildman–Crippen LogP) is 4.07. The van der Waals surface area contributed by atoms with Gasteiger partial charge in [-0.1, -0.05) is 51.1 Å². The van der Waals surface area contributed by atoms with Gasteiger partial charge in [0.25, 0.3) is 16.8 Å². The van der Waals surface area contributed by atoms with Gasteiger partial charge in [0.1, 0.15) is 11.4 Å². The van der Waals surface area contributed by atoms with Crippen molar-refractivity contribution in [1.82, 2.24) is 0 Å². The van der Waals surface area contributed by atoms with Crippen molar-refractivity contribution in [1.29, 1.82) is 5.26 Å². The van der Waals surface area contributed by atoms with Gasteiger partial charge in [-0.2, -0.15) is 5.26 Å². The summed E-state index contributed by atoms with van der Waals surface area (Å²) in [6, 6.07) is 17.6. The van der Waals surface area contributed by atoms with Crippen LogP contribution in [0.1, 0.15) is 38.8 Å². The highest BCUT2D eigenvalue weighted by atomic mass is 16.2. The monoisotopic (exact) mass is 442 g/mol. The number of hydrogen-bond donors (Lipinski definition) is 2. The van der Waals surface area contributed by atoms with E-state index in [2.05, 4.69) is 10.7 Å². The molecule has 1 atom stereocenters. The standard InChI is InChI=1S/C26H26N4O3/c1-17(26(2,3)4)28-22-23(25(33)24(22)32)29-30(20-13-10-19(16-27)11-14-20)21(31)15-12-18-8-6-5-7-9-18/h5-15,17,28-29H,1-4H3/b15-12+. The molecule has 0 radical (unpaired) electrons. The van der Waals surface area contributed by atoms with Crippen molar-refractivity contribution >= 4 is 29.0 Å². The molecule has 0 spiro atoms. The Morgan fingerprint density at radius 2 is 1.61 bits per heavy atom. The van der Waals surface area contributed by atoms with E-state index < -0.39 is 16.8 Å². The molecule has 0 aromatic heterocycles. The summed E-state index contributed by atoms with van der Waals surface area (Å²) in [5.74, 6) is -0.452. The van der Waals surface area contributed by atoms with Gasteiger partial charge in [0.05, 0.1) is 17.3 Å². The molecule has 1 unspecified atom stereocenters. The van der Waals surface area contributed by atoms with Gasteiger partial charge >= 0.3 is 0 Å². The highest BCUT2D eigenvalue weighted by Gasteiger charge is 2.29. The van der Waals surface area contributed by atoms with E-state index >= 15 is 0 Å². The lowest BCUT2D eigenvalue weighted by molar-refractivity contribution is -0.113. The summed E-state index contributed by atoms with van der Waals surface area (Å²) in [6.07, 6.45) is 3.03. The van der Waals surface area contributed by atoms with Crippen molar-refractivity contribution in [3.63, 3.8) is 0 Å². The van der Waals surface area contributed by atoms with Crippen molar-refractivity contribution in [2.75, 3.05) is 15.8 Å². The van der Waals surface area contributed by atoms with Crippen molar-refractivity contribution < 1.29 is 4.79 Å². The van der Waals surface area contributed by atoms with Gasteiger partial charge in [-0.05, 0) is 48.2 Å². The average Bonchev–Trinajstić information content (AvgIpc) is 2.81. The predicted molar refractivity (Wildman–Crippen MR) is 132 cm³/mol. The van der Waals surface area contributed by atoms with Crippen molar-refractivity contribution in [2.45, 2.75) is 33.7 Å². The van der Waals surface area contributed by atoms with E-state index in [0.29, 0.717) is 11.3 Å². The van der Waals surface area contributed by atoms with Crippen LogP contribution >= 0.6 is 0 Å². The normalized spacial score (nSPS) is 12.3. The van der Waals surface area contributed by atoms with Crippen molar-refractivity contribution in [2.24, 2.45) is 5.41 Å². The summed E-state index contributed by atoms with van der Waals surface area (Å²) < 4.78 is 0. The molecule has 3 rings (SSSR count). The summed E-state index contributed by atoms with van der Waals surface area (Å²) in [6.45, 7) is 7.98. The van der Waals surface area contributed by atoms with Gasteiger partial charge in [-0.25, -0.2) is 5.01 Å². The number of carbonyl (C=O) groups excluding carboxylic acids is 1. The van der Waals surface area contributed by atoms with Gasteiger partial charge < -0.3 is 5.32 Å². The van der Waals surface area contributed by atoms with Crippen LogP contribution in [0.5, 0.6) is 0 Å². The SMILES string of the molecule is CC(Nc1c(NN(C(=O)/C=C/c2ccccc2)c2ccc(C#N)cc2)c(=O)c1=O)C(C)(C)C. The lowest BCUT2D eigenvalue weighted by atomic mass is 9.87. The summed E-state index contributed by atoms with van der Waals surface area (Å²) >= 11 is 0. The molecule has 168 valence electrons. The van der Waals surface area contributed by atoms with Crippen LogP contribution in [0.25, 0.3) is 6.08 Å². The minimum absolute atomic E-state index is 0.0296. The first-order valence-corrected chi connectivity index (χ1v) is 10.6. The van der Waals surface area contributed by atoms with E-state index in [1.165, 1.54) is 11.1 Å². The zero-order valence-electron chi connectivity index (χ0n) is 19.0. The molecule has 7 nitrogen and oxygen atoms in total.